The predicted molar refractivity (Wildman–Crippen MR) is 111 cm³/mol. The molecule has 0 bridgehead atoms. The Kier molecular flexibility index (Phi) is 5.76. The van der Waals surface area contributed by atoms with Crippen LogP contribution in [0.25, 0.3) is 0 Å². The maximum atomic E-state index is 12.6. The molecule has 2 aromatic heterocycles. The van der Waals surface area contributed by atoms with E-state index in [0.29, 0.717) is 11.3 Å². The maximum Gasteiger partial charge on any atom is 0.291 e. The Morgan fingerprint density at radius 2 is 1.90 bits per heavy atom. The topological polar surface area (TPSA) is 70.8 Å². The van der Waals surface area contributed by atoms with Crippen LogP contribution in [-0.4, -0.2) is 49.0 Å². The summed E-state index contributed by atoms with van der Waals surface area (Å²) in [4.78, 5) is 21.7. The van der Waals surface area contributed by atoms with Crippen molar-refractivity contribution < 1.29 is 13.9 Å². The quantitative estimate of drug-likeness (QED) is 0.694. The third-order valence-electron chi connectivity index (χ3n) is 4.92. The summed E-state index contributed by atoms with van der Waals surface area (Å²) in [6.45, 7) is 4.20. The highest BCUT2D eigenvalue weighted by molar-refractivity contribution is 6.03. The summed E-state index contributed by atoms with van der Waals surface area (Å²) in [6.07, 6.45) is 3.17. The molecule has 0 spiro atoms. The van der Waals surface area contributed by atoms with Crippen LogP contribution in [0.1, 0.15) is 16.1 Å². The lowest BCUT2D eigenvalue weighted by molar-refractivity contribution is 0.0993. The minimum atomic E-state index is -0.323. The second-order valence-electron chi connectivity index (χ2n) is 7.03. The van der Waals surface area contributed by atoms with E-state index >= 15 is 0 Å². The number of pyridine rings is 1. The Labute approximate surface area is 169 Å². The number of para-hydroxylation sites is 1. The van der Waals surface area contributed by atoms with E-state index in [1.54, 1.807) is 12.3 Å². The molecule has 1 saturated heterocycles. The van der Waals surface area contributed by atoms with E-state index in [2.05, 4.69) is 27.1 Å². The van der Waals surface area contributed by atoms with Gasteiger partial charge in [-0.1, -0.05) is 18.2 Å². The van der Waals surface area contributed by atoms with Crippen molar-refractivity contribution in [2.75, 3.05) is 43.4 Å². The van der Waals surface area contributed by atoms with Crippen LogP contribution in [-0.2, 0) is 6.61 Å². The summed E-state index contributed by atoms with van der Waals surface area (Å²) in [7, 11) is 2.12. The first kappa shape index (κ1) is 19.0. The van der Waals surface area contributed by atoms with Crippen molar-refractivity contribution in [1.82, 2.24) is 9.88 Å². The minimum Gasteiger partial charge on any atom is -0.489 e. The molecule has 0 unspecified atom stereocenters. The Balaban J connectivity index is 1.36. The molecule has 1 aromatic carbocycles. The number of amides is 1. The standard InChI is InChI=1S/C22H24N4O3/c1-25-10-12-26(13-11-25)20-8-7-18(15-23-20)24-22(27)21-17(9-14-28-21)16-29-19-5-3-2-4-6-19/h2-9,14-15H,10-13,16H2,1H3,(H,24,27). The highest BCUT2D eigenvalue weighted by atomic mass is 16.5. The van der Waals surface area contributed by atoms with E-state index in [9.17, 15) is 4.79 Å². The number of ether oxygens (including phenoxy) is 1. The molecule has 7 nitrogen and oxygen atoms in total. The van der Waals surface area contributed by atoms with Gasteiger partial charge in [0.1, 0.15) is 18.2 Å². The van der Waals surface area contributed by atoms with E-state index in [-0.39, 0.29) is 18.3 Å². The second-order valence-corrected chi connectivity index (χ2v) is 7.03. The van der Waals surface area contributed by atoms with Crippen molar-refractivity contribution in [2.45, 2.75) is 6.61 Å². The van der Waals surface area contributed by atoms with Gasteiger partial charge in [-0.3, -0.25) is 4.79 Å². The SMILES string of the molecule is CN1CCN(c2ccc(NC(=O)c3occc3COc3ccccc3)cn2)CC1. The van der Waals surface area contributed by atoms with Crippen LogP contribution in [0, 0.1) is 0 Å². The molecule has 4 rings (SSSR count). The number of hydrogen-bond acceptors (Lipinski definition) is 6. The zero-order valence-corrected chi connectivity index (χ0v) is 16.4. The Morgan fingerprint density at radius 1 is 1.10 bits per heavy atom. The number of hydrogen-bond donors (Lipinski definition) is 1. The van der Waals surface area contributed by atoms with Crippen molar-refractivity contribution in [1.29, 1.82) is 0 Å². The van der Waals surface area contributed by atoms with Crippen LogP contribution in [0.3, 0.4) is 0 Å². The molecular weight excluding hydrogens is 368 g/mol. The van der Waals surface area contributed by atoms with Gasteiger partial charge in [-0.05, 0) is 37.4 Å². The average Bonchev–Trinajstić information content (AvgIpc) is 3.23. The van der Waals surface area contributed by atoms with Gasteiger partial charge < -0.3 is 24.3 Å². The fourth-order valence-electron chi connectivity index (χ4n) is 3.20. The van der Waals surface area contributed by atoms with Crippen LogP contribution in [0.15, 0.2) is 65.4 Å². The van der Waals surface area contributed by atoms with Gasteiger partial charge in [0.2, 0.25) is 0 Å². The Bertz CT molecular complexity index is 932. The zero-order chi connectivity index (χ0) is 20.1. The zero-order valence-electron chi connectivity index (χ0n) is 16.4. The van der Waals surface area contributed by atoms with Gasteiger partial charge in [0, 0.05) is 31.7 Å². The number of carbonyl (C=O) groups is 1. The van der Waals surface area contributed by atoms with Crippen molar-refractivity contribution in [3.05, 3.63) is 72.3 Å². The van der Waals surface area contributed by atoms with Crippen molar-refractivity contribution in [2.24, 2.45) is 0 Å². The first-order chi connectivity index (χ1) is 14.2. The van der Waals surface area contributed by atoms with Crippen LogP contribution in [0.4, 0.5) is 11.5 Å². The van der Waals surface area contributed by atoms with Gasteiger partial charge in [-0.15, -0.1) is 0 Å². The molecule has 29 heavy (non-hydrogen) atoms. The summed E-state index contributed by atoms with van der Waals surface area (Å²) in [5.41, 5.74) is 1.31. The molecule has 1 N–H and O–H groups in total. The summed E-state index contributed by atoms with van der Waals surface area (Å²) < 4.78 is 11.1. The highest BCUT2D eigenvalue weighted by Gasteiger charge is 2.18. The summed E-state index contributed by atoms with van der Waals surface area (Å²) in [5.74, 6) is 1.58. The Morgan fingerprint density at radius 3 is 2.62 bits per heavy atom. The third-order valence-corrected chi connectivity index (χ3v) is 4.92. The number of carbonyl (C=O) groups excluding carboxylic acids is 1. The van der Waals surface area contributed by atoms with E-state index < -0.39 is 0 Å². The van der Waals surface area contributed by atoms with Crippen LogP contribution in [0.2, 0.25) is 0 Å². The van der Waals surface area contributed by atoms with Crippen molar-refractivity contribution >= 4 is 17.4 Å². The molecule has 150 valence electrons. The molecule has 0 saturated carbocycles. The lowest BCUT2D eigenvalue weighted by atomic mass is 10.2. The number of nitrogens with one attached hydrogen (secondary N) is 1. The molecule has 1 aliphatic heterocycles. The fourth-order valence-corrected chi connectivity index (χ4v) is 3.20. The number of rotatable bonds is 6. The minimum absolute atomic E-state index is 0.240. The predicted octanol–water partition coefficient (Wildman–Crippen LogP) is 3.26. The van der Waals surface area contributed by atoms with Crippen molar-refractivity contribution in [3.63, 3.8) is 0 Å². The smallest absolute Gasteiger partial charge is 0.291 e. The normalized spacial score (nSPS) is 14.6. The number of furan rings is 1. The molecule has 3 aromatic rings. The maximum absolute atomic E-state index is 12.6. The number of likely N-dealkylation sites (N-methyl/N-ethyl adjacent to an activating group) is 1. The molecular formula is C22H24N4O3. The lowest BCUT2D eigenvalue weighted by Gasteiger charge is -2.33. The molecule has 1 fully saturated rings. The van der Waals surface area contributed by atoms with E-state index in [4.69, 9.17) is 9.15 Å². The summed E-state index contributed by atoms with van der Waals surface area (Å²) >= 11 is 0. The summed E-state index contributed by atoms with van der Waals surface area (Å²) in [6, 6.07) is 15.0. The molecule has 3 heterocycles. The highest BCUT2D eigenvalue weighted by Crippen LogP contribution is 2.19. The van der Waals surface area contributed by atoms with Crippen LogP contribution >= 0.6 is 0 Å². The van der Waals surface area contributed by atoms with Crippen LogP contribution in [0.5, 0.6) is 5.75 Å². The lowest BCUT2D eigenvalue weighted by Crippen LogP contribution is -2.44. The van der Waals surface area contributed by atoms with Gasteiger partial charge in [0.15, 0.2) is 5.76 Å². The number of nitrogens with zero attached hydrogens (tertiary/aromatic N) is 3. The third kappa shape index (κ3) is 4.75. The van der Waals surface area contributed by atoms with Gasteiger partial charge in [-0.2, -0.15) is 0 Å². The fraction of sp³-hybridized carbons (Fsp3) is 0.273. The van der Waals surface area contributed by atoms with Crippen LogP contribution < -0.4 is 15.0 Å². The van der Waals surface area contributed by atoms with Gasteiger partial charge in [0.25, 0.3) is 5.91 Å². The molecule has 0 aliphatic carbocycles. The Hall–Kier alpha value is -3.32. The summed E-state index contributed by atoms with van der Waals surface area (Å²) in [5, 5.41) is 2.84. The first-order valence-corrected chi connectivity index (χ1v) is 9.64. The molecule has 0 radical (unpaired) electrons. The molecule has 7 heteroatoms. The molecule has 1 aliphatic rings. The van der Waals surface area contributed by atoms with Crippen molar-refractivity contribution in [3.8, 4) is 5.75 Å². The second kappa shape index (κ2) is 8.79. The average molecular weight is 392 g/mol. The van der Waals surface area contributed by atoms with Gasteiger partial charge in [-0.25, -0.2) is 4.98 Å². The number of piperazine rings is 1. The number of anilines is 2. The van der Waals surface area contributed by atoms with E-state index in [1.807, 2.05) is 42.5 Å². The monoisotopic (exact) mass is 392 g/mol. The van der Waals surface area contributed by atoms with Gasteiger partial charge >= 0.3 is 0 Å². The number of aromatic nitrogens is 1. The first-order valence-electron chi connectivity index (χ1n) is 9.64. The number of benzene rings is 1. The van der Waals surface area contributed by atoms with E-state index in [0.717, 1.165) is 37.7 Å². The molecule has 1 amide bonds. The van der Waals surface area contributed by atoms with E-state index in [1.165, 1.54) is 6.26 Å². The molecule has 0 atom stereocenters. The largest absolute Gasteiger partial charge is 0.489 e. The van der Waals surface area contributed by atoms with Gasteiger partial charge in [0.05, 0.1) is 18.1 Å².